The molecule has 0 bridgehead atoms. The molecular formula is C6H7KOSi. The summed E-state index contributed by atoms with van der Waals surface area (Å²) in [5.74, 6) is 0. The summed E-state index contributed by atoms with van der Waals surface area (Å²) in [5.41, 5.74) is 0. The number of benzene rings is 1. The third kappa shape index (κ3) is 3.67. The van der Waals surface area contributed by atoms with E-state index in [1.54, 1.807) is 0 Å². The molecule has 1 aromatic carbocycles. The maximum Gasteiger partial charge on any atom is 1.00 e. The molecule has 0 atom stereocenters. The first-order valence-electron chi connectivity index (χ1n) is 2.55. The first kappa shape index (κ1) is 10.0. The van der Waals surface area contributed by atoms with Crippen LogP contribution in [0.2, 0.25) is 0 Å². The van der Waals surface area contributed by atoms with E-state index in [0.717, 1.165) is 5.19 Å². The molecule has 1 nitrogen and oxygen atoms in total. The molecule has 0 saturated carbocycles. The Balaban J connectivity index is 0.000000640. The van der Waals surface area contributed by atoms with Crippen molar-refractivity contribution in [2.75, 3.05) is 0 Å². The fourth-order valence-corrected chi connectivity index (χ4v) is 1.04. The molecule has 0 aromatic heterocycles. The molecule has 0 unspecified atom stereocenters. The van der Waals surface area contributed by atoms with E-state index >= 15 is 0 Å². The standard InChI is InChI=1S/C6H7OSi.K/c7-8-6-4-2-1-3-5-6;/h1-5H,8H2;/q-1;+1. The number of hydrogen-bond acceptors (Lipinski definition) is 1. The molecule has 3 heteroatoms. The van der Waals surface area contributed by atoms with E-state index < -0.39 is 9.76 Å². The Morgan fingerprint density at radius 1 is 1.11 bits per heavy atom. The van der Waals surface area contributed by atoms with Crippen molar-refractivity contribution < 1.29 is 56.2 Å². The van der Waals surface area contributed by atoms with Gasteiger partial charge in [-0.05, 0) is 9.76 Å². The van der Waals surface area contributed by atoms with Crippen LogP contribution in [0.5, 0.6) is 0 Å². The minimum Gasteiger partial charge on any atom is -0.860 e. The van der Waals surface area contributed by atoms with E-state index in [1.165, 1.54) is 0 Å². The third-order valence-electron chi connectivity index (χ3n) is 1.01. The Morgan fingerprint density at radius 3 is 2.00 bits per heavy atom. The zero-order valence-corrected chi connectivity index (χ0v) is 10.0. The van der Waals surface area contributed by atoms with Crippen LogP contribution in [0, 0.1) is 0 Å². The van der Waals surface area contributed by atoms with E-state index in [1.807, 2.05) is 30.3 Å². The van der Waals surface area contributed by atoms with Gasteiger partial charge >= 0.3 is 51.4 Å². The second-order valence-electron chi connectivity index (χ2n) is 1.63. The molecule has 0 heterocycles. The minimum absolute atomic E-state index is 0. The first-order valence-corrected chi connectivity index (χ1v) is 3.84. The second-order valence-corrected chi connectivity index (χ2v) is 2.74. The SMILES string of the molecule is [K+].[O-][SiH2]c1ccccc1. The maximum absolute atomic E-state index is 10.3. The molecule has 0 aliphatic rings. The van der Waals surface area contributed by atoms with Gasteiger partial charge in [-0.3, -0.25) is 0 Å². The molecule has 0 N–H and O–H groups in total. The van der Waals surface area contributed by atoms with Gasteiger partial charge in [0.05, 0.1) is 0 Å². The molecule has 0 saturated heterocycles. The van der Waals surface area contributed by atoms with E-state index in [0.29, 0.717) is 0 Å². The van der Waals surface area contributed by atoms with Crippen molar-refractivity contribution in [3.05, 3.63) is 30.3 Å². The summed E-state index contributed by atoms with van der Waals surface area (Å²) in [6, 6.07) is 9.51. The molecule has 42 valence electrons. The largest absolute Gasteiger partial charge is 1.00 e. The normalized spacial score (nSPS) is 9.44. The van der Waals surface area contributed by atoms with E-state index in [9.17, 15) is 4.80 Å². The van der Waals surface area contributed by atoms with Crippen molar-refractivity contribution in [3.8, 4) is 0 Å². The summed E-state index contributed by atoms with van der Waals surface area (Å²) in [5, 5.41) is 0.993. The van der Waals surface area contributed by atoms with Gasteiger partial charge in [-0.1, -0.05) is 35.5 Å². The van der Waals surface area contributed by atoms with Gasteiger partial charge in [0.1, 0.15) is 0 Å². The van der Waals surface area contributed by atoms with Gasteiger partial charge < -0.3 is 4.80 Å². The predicted octanol–water partition coefficient (Wildman–Crippen LogP) is -4.24. The van der Waals surface area contributed by atoms with Crippen molar-refractivity contribution in [2.24, 2.45) is 0 Å². The van der Waals surface area contributed by atoms with Gasteiger partial charge in [-0.15, -0.1) is 0 Å². The smallest absolute Gasteiger partial charge is 0.860 e. The van der Waals surface area contributed by atoms with Gasteiger partial charge in [0.2, 0.25) is 0 Å². The van der Waals surface area contributed by atoms with Crippen LogP contribution in [-0.4, -0.2) is 9.76 Å². The first-order chi connectivity index (χ1) is 3.93. The van der Waals surface area contributed by atoms with Crippen molar-refractivity contribution in [2.45, 2.75) is 0 Å². The molecular weight excluding hydrogens is 155 g/mol. The number of rotatable bonds is 1. The van der Waals surface area contributed by atoms with Crippen LogP contribution in [0.15, 0.2) is 30.3 Å². The minimum atomic E-state index is -1.16. The summed E-state index contributed by atoms with van der Waals surface area (Å²) < 4.78 is 0. The van der Waals surface area contributed by atoms with Crippen LogP contribution in [0.25, 0.3) is 0 Å². The average Bonchev–Trinajstić information content (AvgIpc) is 1.90. The van der Waals surface area contributed by atoms with Gasteiger partial charge in [0, 0.05) is 0 Å². The predicted molar refractivity (Wildman–Crippen MR) is 34.6 cm³/mol. The summed E-state index contributed by atoms with van der Waals surface area (Å²) in [7, 11) is -1.16. The second kappa shape index (κ2) is 5.79. The topological polar surface area (TPSA) is 23.1 Å². The van der Waals surface area contributed by atoms with E-state index in [2.05, 4.69) is 0 Å². The van der Waals surface area contributed by atoms with Crippen LogP contribution >= 0.6 is 0 Å². The molecule has 0 aliphatic carbocycles. The average molecular weight is 162 g/mol. The van der Waals surface area contributed by atoms with E-state index in [-0.39, 0.29) is 51.4 Å². The number of hydrogen-bond donors (Lipinski definition) is 0. The summed E-state index contributed by atoms with van der Waals surface area (Å²) in [6.45, 7) is 0. The van der Waals surface area contributed by atoms with Crippen molar-refractivity contribution in [3.63, 3.8) is 0 Å². The van der Waals surface area contributed by atoms with Gasteiger partial charge in [-0.2, -0.15) is 0 Å². The molecule has 0 spiro atoms. The van der Waals surface area contributed by atoms with Crippen LogP contribution in [-0.2, 0) is 0 Å². The molecule has 1 aromatic rings. The van der Waals surface area contributed by atoms with E-state index in [4.69, 9.17) is 0 Å². The Labute approximate surface area is 99.8 Å². The molecule has 9 heavy (non-hydrogen) atoms. The molecule has 0 aliphatic heterocycles. The third-order valence-corrected chi connectivity index (χ3v) is 1.81. The van der Waals surface area contributed by atoms with Crippen molar-refractivity contribution in [1.82, 2.24) is 0 Å². The Morgan fingerprint density at radius 2 is 1.67 bits per heavy atom. The van der Waals surface area contributed by atoms with Gasteiger partial charge in [-0.25, -0.2) is 0 Å². The van der Waals surface area contributed by atoms with Crippen LogP contribution in [0.4, 0.5) is 0 Å². The molecule has 0 radical (unpaired) electrons. The fraction of sp³-hybridized carbons (Fsp3) is 0. The van der Waals surface area contributed by atoms with Crippen molar-refractivity contribution in [1.29, 1.82) is 0 Å². The van der Waals surface area contributed by atoms with Gasteiger partial charge in [0.25, 0.3) is 0 Å². The Kier molecular flexibility index (Phi) is 6.46. The van der Waals surface area contributed by atoms with Crippen molar-refractivity contribution >= 4 is 14.9 Å². The quantitative estimate of drug-likeness (QED) is 0.384. The molecule has 0 amide bonds. The molecule has 0 fully saturated rings. The van der Waals surface area contributed by atoms with Crippen LogP contribution in [0.3, 0.4) is 0 Å². The zero-order chi connectivity index (χ0) is 5.82. The summed E-state index contributed by atoms with van der Waals surface area (Å²) in [4.78, 5) is 10.3. The summed E-state index contributed by atoms with van der Waals surface area (Å²) >= 11 is 0. The zero-order valence-electron chi connectivity index (χ0n) is 5.50. The Hall–Kier alpha value is 1.03. The Bertz CT molecular complexity index is 154. The monoisotopic (exact) mass is 162 g/mol. The van der Waals surface area contributed by atoms with Crippen LogP contribution in [0.1, 0.15) is 0 Å². The summed E-state index contributed by atoms with van der Waals surface area (Å²) in [6.07, 6.45) is 0. The van der Waals surface area contributed by atoms with Crippen LogP contribution < -0.4 is 61.4 Å². The van der Waals surface area contributed by atoms with Gasteiger partial charge in [0.15, 0.2) is 0 Å². The maximum atomic E-state index is 10.3. The fourth-order valence-electron chi connectivity index (χ4n) is 0.574. The molecule has 1 rings (SSSR count).